The fourth-order valence-corrected chi connectivity index (χ4v) is 4.37. The normalized spacial score (nSPS) is 13.1. The summed E-state index contributed by atoms with van der Waals surface area (Å²) in [5, 5.41) is 19.1. The molecule has 0 aliphatic carbocycles. The maximum absolute atomic E-state index is 10.5. The molecule has 0 aliphatic heterocycles. The Morgan fingerprint density at radius 1 is 1.23 bits per heavy atom. The van der Waals surface area contributed by atoms with Crippen molar-refractivity contribution in [1.29, 1.82) is 0 Å². The first-order valence-electron chi connectivity index (χ1n) is 8.82. The van der Waals surface area contributed by atoms with Crippen molar-refractivity contribution in [3.63, 3.8) is 0 Å². The molecule has 138 valence electrons. The lowest BCUT2D eigenvalue weighted by atomic mass is 10.2. The van der Waals surface area contributed by atoms with Gasteiger partial charge in [0, 0.05) is 33.7 Å². The number of aryl methyl sites for hydroxylation is 1. The number of aliphatic hydroxyl groups excluding tert-OH is 1. The topological polar surface area (TPSA) is 69.5 Å². The Labute approximate surface area is 161 Å². The van der Waals surface area contributed by atoms with Gasteiger partial charge in [-0.3, -0.25) is 0 Å². The minimum atomic E-state index is -0.567. The largest absolute Gasteiger partial charge is 0.386 e. The number of aliphatic hydroxyl groups is 1. The molecule has 0 saturated carbocycles. The zero-order valence-electron chi connectivity index (χ0n) is 15.0. The van der Waals surface area contributed by atoms with Gasteiger partial charge in [-0.25, -0.2) is 9.98 Å². The van der Waals surface area contributed by atoms with Crippen molar-refractivity contribution in [3.8, 4) is 0 Å². The zero-order valence-corrected chi connectivity index (χ0v) is 16.7. The van der Waals surface area contributed by atoms with Crippen molar-refractivity contribution < 1.29 is 5.11 Å². The van der Waals surface area contributed by atoms with Gasteiger partial charge in [-0.1, -0.05) is 25.1 Å². The Bertz CT molecular complexity index is 838. The molecular formula is C19H24N4OS2. The summed E-state index contributed by atoms with van der Waals surface area (Å²) in [7, 11) is 0. The van der Waals surface area contributed by atoms with Gasteiger partial charge in [-0.15, -0.1) is 22.7 Å². The Balaban J connectivity index is 1.60. The average Bonchev–Trinajstić information content (AvgIpc) is 3.30. The predicted molar refractivity (Wildman–Crippen MR) is 111 cm³/mol. The third-order valence-electron chi connectivity index (χ3n) is 3.90. The molecule has 0 bridgehead atoms. The average molecular weight is 389 g/mol. The first-order chi connectivity index (χ1) is 12.7. The van der Waals surface area contributed by atoms with Crippen LogP contribution < -0.4 is 10.6 Å². The van der Waals surface area contributed by atoms with Crippen LogP contribution in [0.1, 0.15) is 34.7 Å². The lowest BCUT2D eigenvalue weighted by Gasteiger charge is -2.14. The predicted octanol–water partition coefficient (Wildman–Crippen LogP) is 3.71. The van der Waals surface area contributed by atoms with Gasteiger partial charge >= 0.3 is 0 Å². The van der Waals surface area contributed by atoms with Crippen LogP contribution in [-0.2, 0) is 13.0 Å². The third kappa shape index (κ3) is 4.81. The Morgan fingerprint density at radius 2 is 2.08 bits per heavy atom. The minimum Gasteiger partial charge on any atom is -0.386 e. The molecule has 3 rings (SSSR count). The number of benzene rings is 1. The van der Waals surface area contributed by atoms with Crippen molar-refractivity contribution in [2.45, 2.75) is 32.9 Å². The number of thiophene rings is 1. The van der Waals surface area contributed by atoms with E-state index in [1.165, 1.54) is 15.0 Å². The van der Waals surface area contributed by atoms with E-state index in [9.17, 15) is 5.11 Å². The summed E-state index contributed by atoms with van der Waals surface area (Å²) in [5.74, 6) is 0.695. The molecule has 0 aliphatic rings. The molecule has 1 aromatic carbocycles. The highest BCUT2D eigenvalue weighted by molar-refractivity contribution is 7.19. The number of thiazole rings is 1. The van der Waals surface area contributed by atoms with E-state index in [0.29, 0.717) is 19.0 Å². The molecule has 2 heterocycles. The van der Waals surface area contributed by atoms with Crippen LogP contribution in [0, 0.1) is 0 Å². The van der Waals surface area contributed by atoms with Gasteiger partial charge in [0.15, 0.2) is 5.96 Å². The third-order valence-corrected chi connectivity index (χ3v) is 6.25. The lowest BCUT2D eigenvalue weighted by Crippen LogP contribution is -2.39. The highest BCUT2D eigenvalue weighted by Crippen LogP contribution is 2.29. The number of guanidine groups is 1. The van der Waals surface area contributed by atoms with Gasteiger partial charge < -0.3 is 15.7 Å². The molecule has 3 N–H and O–H groups in total. The number of aromatic nitrogens is 1. The summed E-state index contributed by atoms with van der Waals surface area (Å²) in [5.41, 5.74) is 0. The molecule has 0 spiro atoms. The van der Waals surface area contributed by atoms with Gasteiger partial charge in [-0.05, 0) is 30.9 Å². The highest BCUT2D eigenvalue weighted by Gasteiger charge is 2.12. The molecular weight excluding hydrogens is 364 g/mol. The summed E-state index contributed by atoms with van der Waals surface area (Å²) in [6, 6.07) is 10.2. The number of nitrogens with one attached hydrogen (secondary N) is 2. The van der Waals surface area contributed by atoms with Crippen LogP contribution in [0.15, 0.2) is 41.5 Å². The van der Waals surface area contributed by atoms with E-state index >= 15 is 0 Å². The first-order valence-corrected chi connectivity index (χ1v) is 10.4. The second kappa shape index (κ2) is 9.12. The fraction of sp³-hybridized carbons (Fsp3) is 0.368. The van der Waals surface area contributed by atoms with E-state index in [1.54, 1.807) is 22.7 Å². The van der Waals surface area contributed by atoms with E-state index in [2.05, 4.69) is 45.7 Å². The zero-order chi connectivity index (χ0) is 18.4. The maximum atomic E-state index is 10.5. The van der Waals surface area contributed by atoms with Crippen LogP contribution in [0.3, 0.4) is 0 Å². The lowest BCUT2D eigenvalue weighted by molar-refractivity contribution is 0.184. The quantitative estimate of drug-likeness (QED) is 0.426. The van der Waals surface area contributed by atoms with E-state index in [4.69, 9.17) is 0 Å². The number of nitrogens with zero attached hydrogens (tertiary/aromatic N) is 2. The van der Waals surface area contributed by atoms with Gasteiger partial charge in [0.25, 0.3) is 0 Å². The molecule has 5 nitrogen and oxygen atoms in total. The molecule has 7 heteroatoms. The summed E-state index contributed by atoms with van der Waals surface area (Å²) in [6.45, 7) is 5.87. The minimum absolute atomic E-state index is 0.413. The second-order valence-electron chi connectivity index (χ2n) is 5.85. The maximum Gasteiger partial charge on any atom is 0.191 e. The van der Waals surface area contributed by atoms with E-state index < -0.39 is 6.10 Å². The monoisotopic (exact) mass is 388 g/mol. The van der Waals surface area contributed by atoms with Crippen LogP contribution >= 0.6 is 22.7 Å². The number of hydrogen-bond acceptors (Lipinski definition) is 5. The van der Waals surface area contributed by atoms with Crippen molar-refractivity contribution >= 4 is 38.7 Å². The number of fused-ring (bicyclic) bond motifs is 1. The van der Waals surface area contributed by atoms with E-state index in [0.717, 1.165) is 22.9 Å². The standard InChI is InChI=1S/C19H24N4OS2/c1-3-14-10-21-18(25-14)12-23-19(20-4-2)22-11-15(24)17-9-13-7-5-6-8-16(13)26-17/h5-10,15,24H,3-4,11-12H2,1-2H3,(H2,20,22,23). The summed E-state index contributed by atoms with van der Waals surface area (Å²) < 4.78 is 1.19. The molecule has 2 aromatic heterocycles. The van der Waals surface area contributed by atoms with Crippen molar-refractivity contribution in [3.05, 3.63) is 51.3 Å². The van der Waals surface area contributed by atoms with Gasteiger partial charge in [0.05, 0.1) is 6.54 Å². The SMILES string of the molecule is CCNC(=NCc1ncc(CC)s1)NCC(O)c1cc2ccccc2s1. The summed E-state index contributed by atoms with van der Waals surface area (Å²) >= 11 is 3.32. The smallest absolute Gasteiger partial charge is 0.191 e. The molecule has 0 amide bonds. The molecule has 1 unspecified atom stereocenters. The Morgan fingerprint density at radius 3 is 2.81 bits per heavy atom. The summed E-state index contributed by atoms with van der Waals surface area (Å²) in [6.07, 6.45) is 2.35. The molecule has 0 fully saturated rings. The van der Waals surface area contributed by atoms with E-state index in [1.807, 2.05) is 25.3 Å². The second-order valence-corrected chi connectivity index (χ2v) is 8.17. The molecule has 3 aromatic rings. The van der Waals surface area contributed by atoms with Crippen molar-refractivity contribution in [2.75, 3.05) is 13.1 Å². The fourth-order valence-electron chi connectivity index (χ4n) is 2.53. The van der Waals surface area contributed by atoms with Gasteiger partial charge in [0.1, 0.15) is 11.1 Å². The van der Waals surface area contributed by atoms with Crippen molar-refractivity contribution in [1.82, 2.24) is 15.6 Å². The van der Waals surface area contributed by atoms with Crippen LogP contribution in [0.5, 0.6) is 0 Å². The molecule has 0 radical (unpaired) electrons. The van der Waals surface area contributed by atoms with Crippen molar-refractivity contribution in [2.24, 2.45) is 4.99 Å². The number of aliphatic imine (C=N–C) groups is 1. The highest BCUT2D eigenvalue weighted by atomic mass is 32.1. The molecule has 26 heavy (non-hydrogen) atoms. The summed E-state index contributed by atoms with van der Waals surface area (Å²) in [4.78, 5) is 11.2. The Kier molecular flexibility index (Phi) is 6.60. The van der Waals surface area contributed by atoms with E-state index in [-0.39, 0.29) is 0 Å². The number of hydrogen-bond donors (Lipinski definition) is 3. The molecule has 1 atom stereocenters. The van der Waals surface area contributed by atoms with Crippen LogP contribution in [0.25, 0.3) is 10.1 Å². The van der Waals surface area contributed by atoms with Crippen LogP contribution in [-0.4, -0.2) is 29.1 Å². The van der Waals surface area contributed by atoms with Gasteiger partial charge in [-0.2, -0.15) is 0 Å². The van der Waals surface area contributed by atoms with Crippen LogP contribution in [0.2, 0.25) is 0 Å². The van der Waals surface area contributed by atoms with Gasteiger partial charge in [0.2, 0.25) is 0 Å². The number of rotatable bonds is 7. The first kappa shape index (κ1) is 18.8. The molecule has 0 saturated heterocycles. The Hall–Kier alpha value is -1.96. The van der Waals surface area contributed by atoms with Crippen LogP contribution in [0.4, 0.5) is 0 Å².